The summed E-state index contributed by atoms with van der Waals surface area (Å²) >= 11 is 5.91. The average molecular weight is 226 g/mol. The fourth-order valence-electron chi connectivity index (χ4n) is 1.64. The van der Waals surface area contributed by atoms with Gasteiger partial charge < -0.3 is 10.4 Å². The van der Waals surface area contributed by atoms with Crippen molar-refractivity contribution in [2.24, 2.45) is 5.92 Å². The van der Waals surface area contributed by atoms with Gasteiger partial charge in [0, 0.05) is 5.02 Å². The fraction of sp³-hybridized carbons (Fsp3) is 0.500. The number of benzene rings is 1. The van der Waals surface area contributed by atoms with Crippen molar-refractivity contribution in [2.75, 3.05) is 13.2 Å². The summed E-state index contributed by atoms with van der Waals surface area (Å²) in [5.41, 5.74) is 1.06. The minimum Gasteiger partial charge on any atom is -0.394 e. The van der Waals surface area contributed by atoms with Gasteiger partial charge >= 0.3 is 0 Å². The number of nitrogens with one attached hydrogen (secondary N) is 1. The molecule has 1 atom stereocenters. The van der Waals surface area contributed by atoms with E-state index in [1.165, 1.54) is 12.8 Å². The van der Waals surface area contributed by atoms with Crippen LogP contribution in [0.25, 0.3) is 0 Å². The lowest BCUT2D eigenvalue weighted by Gasteiger charge is -2.16. The zero-order chi connectivity index (χ0) is 10.7. The largest absolute Gasteiger partial charge is 0.394 e. The number of hydrogen-bond donors (Lipinski definition) is 2. The van der Waals surface area contributed by atoms with Gasteiger partial charge in [-0.3, -0.25) is 0 Å². The minimum absolute atomic E-state index is 0.0179. The molecule has 0 aromatic heterocycles. The standard InChI is InChI=1S/C12H16ClNO/c13-11-3-1-2-10(6-11)12(8-15)14-7-9-4-5-9/h1-3,6,9,12,14-15H,4-5,7-8H2. The van der Waals surface area contributed by atoms with Crippen LogP contribution in [0.2, 0.25) is 5.02 Å². The highest BCUT2D eigenvalue weighted by Crippen LogP contribution is 2.28. The zero-order valence-electron chi connectivity index (χ0n) is 8.62. The van der Waals surface area contributed by atoms with Gasteiger partial charge in [-0.1, -0.05) is 23.7 Å². The highest BCUT2D eigenvalue weighted by atomic mass is 35.5. The Labute approximate surface area is 95.3 Å². The molecule has 2 nitrogen and oxygen atoms in total. The molecule has 1 fully saturated rings. The van der Waals surface area contributed by atoms with E-state index in [0.717, 1.165) is 23.0 Å². The van der Waals surface area contributed by atoms with Crippen molar-refractivity contribution in [1.29, 1.82) is 0 Å². The van der Waals surface area contributed by atoms with Gasteiger partial charge in [0.15, 0.2) is 0 Å². The topological polar surface area (TPSA) is 32.3 Å². The van der Waals surface area contributed by atoms with Gasteiger partial charge in [0.05, 0.1) is 12.6 Å². The lowest BCUT2D eigenvalue weighted by molar-refractivity contribution is 0.243. The first kappa shape index (κ1) is 10.9. The highest BCUT2D eigenvalue weighted by Gasteiger charge is 2.22. The molecule has 1 aliphatic rings. The first-order valence-electron chi connectivity index (χ1n) is 5.39. The Hall–Kier alpha value is -0.570. The molecule has 0 amide bonds. The Balaban J connectivity index is 1.97. The molecule has 2 N–H and O–H groups in total. The van der Waals surface area contributed by atoms with Crippen molar-refractivity contribution in [3.8, 4) is 0 Å². The number of rotatable bonds is 5. The van der Waals surface area contributed by atoms with Gasteiger partial charge in [0.2, 0.25) is 0 Å². The van der Waals surface area contributed by atoms with Crippen LogP contribution >= 0.6 is 11.6 Å². The van der Waals surface area contributed by atoms with E-state index < -0.39 is 0 Å². The summed E-state index contributed by atoms with van der Waals surface area (Å²) < 4.78 is 0. The quantitative estimate of drug-likeness (QED) is 0.807. The molecular weight excluding hydrogens is 210 g/mol. The second-order valence-corrected chi connectivity index (χ2v) is 4.58. The van der Waals surface area contributed by atoms with Gasteiger partial charge in [-0.05, 0) is 43.0 Å². The summed E-state index contributed by atoms with van der Waals surface area (Å²) in [6.45, 7) is 1.12. The Bertz CT molecular complexity index is 325. The van der Waals surface area contributed by atoms with Crippen LogP contribution in [0.1, 0.15) is 24.4 Å². The smallest absolute Gasteiger partial charge is 0.0626 e. The lowest BCUT2D eigenvalue weighted by Crippen LogP contribution is -2.26. The van der Waals surface area contributed by atoms with Crippen molar-refractivity contribution < 1.29 is 5.11 Å². The molecule has 0 spiro atoms. The van der Waals surface area contributed by atoms with E-state index in [1.54, 1.807) is 0 Å². The predicted octanol–water partition coefficient (Wildman–Crippen LogP) is 2.37. The van der Waals surface area contributed by atoms with Gasteiger partial charge in [0.1, 0.15) is 0 Å². The van der Waals surface area contributed by atoms with Crippen LogP contribution < -0.4 is 5.32 Å². The van der Waals surface area contributed by atoms with Crippen molar-refractivity contribution in [3.05, 3.63) is 34.9 Å². The zero-order valence-corrected chi connectivity index (χ0v) is 9.37. The first-order valence-corrected chi connectivity index (χ1v) is 5.77. The molecule has 0 saturated heterocycles. The van der Waals surface area contributed by atoms with Crippen LogP contribution in [0.5, 0.6) is 0 Å². The van der Waals surface area contributed by atoms with E-state index in [-0.39, 0.29) is 12.6 Å². The average Bonchev–Trinajstić information content (AvgIpc) is 3.03. The molecule has 3 heteroatoms. The predicted molar refractivity (Wildman–Crippen MR) is 62.0 cm³/mol. The second-order valence-electron chi connectivity index (χ2n) is 4.14. The molecule has 1 aliphatic carbocycles. The molecule has 1 unspecified atom stereocenters. The van der Waals surface area contributed by atoms with E-state index in [4.69, 9.17) is 11.6 Å². The Morgan fingerprint density at radius 1 is 1.47 bits per heavy atom. The van der Waals surface area contributed by atoms with E-state index in [0.29, 0.717) is 0 Å². The number of aliphatic hydroxyl groups excluding tert-OH is 1. The SMILES string of the molecule is OCC(NCC1CC1)c1cccc(Cl)c1. The molecule has 0 bridgehead atoms. The molecule has 0 heterocycles. The molecule has 82 valence electrons. The summed E-state index contributed by atoms with van der Waals surface area (Å²) in [5, 5.41) is 13.4. The van der Waals surface area contributed by atoms with Crippen LogP contribution in [-0.2, 0) is 0 Å². The van der Waals surface area contributed by atoms with Gasteiger partial charge in [-0.2, -0.15) is 0 Å². The summed E-state index contributed by atoms with van der Waals surface area (Å²) in [5.74, 6) is 0.818. The summed E-state index contributed by atoms with van der Waals surface area (Å²) in [6.07, 6.45) is 2.64. The van der Waals surface area contributed by atoms with Crippen molar-refractivity contribution in [2.45, 2.75) is 18.9 Å². The summed E-state index contributed by atoms with van der Waals surface area (Å²) in [4.78, 5) is 0. The maximum atomic E-state index is 9.30. The third-order valence-electron chi connectivity index (χ3n) is 2.78. The Kier molecular flexibility index (Phi) is 3.62. The summed E-state index contributed by atoms with van der Waals surface area (Å²) in [6, 6.07) is 7.68. The number of halogens is 1. The molecule has 2 rings (SSSR count). The monoisotopic (exact) mass is 225 g/mol. The van der Waals surface area contributed by atoms with Gasteiger partial charge in [-0.15, -0.1) is 0 Å². The number of aliphatic hydroxyl groups is 1. The normalized spacial score (nSPS) is 17.7. The maximum Gasteiger partial charge on any atom is 0.0626 e. The van der Waals surface area contributed by atoms with E-state index in [2.05, 4.69) is 5.32 Å². The molecule has 1 aromatic carbocycles. The third kappa shape index (κ3) is 3.20. The Morgan fingerprint density at radius 3 is 2.87 bits per heavy atom. The number of hydrogen-bond acceptors (Lipinski definition) is 2. The van der Waals surface area contributed by atoms with Crippen molar-refractivity contribution >= 4 is 11.6 Å². The first-order chi connectivity index (χ1) is 7.29. The van der Waals surface area contributed by atoms with Gasteiger partial charge in [-0.25, -0.2) is 0 Å². The van der Waals surface area contributed by atoms with E-state index in [9.17, 15) is 5.11 Å². The second kappa shape index (κ2) is 4.97. The molecule has 1 aromatic rings. The molecular formula is C12H16ClNO. The minimum atomic E-state index is 0.0179. The Morgan fingerprint density at radius 2 is 2.27 bits per heavy atom. The molecule has 15 heavy (non-hydrogen) atoms. The molecule has 0 aliphatic heterocycles. The highest BCUT2D eigenvalue weighted by molar-refractivity contribution is 6.30. The fourth-order valence-corrected chi connectivity index (χ4v) is 1.84. The maximum absolute atomic E-state index is 9.30. The van der Waals surface area contributed by atoms with Crippen LogP contribution in [-0.4, -0.2) is 18.3 Å². The van der Waals surface area contributed by atoms with Crippen molar-refractivity contribution in [1.82, 2.24) is 5.32 Å². The third-order valence-corrected chi connectivity index (χ3v) is 3.02. The van der Waals surface area contributed by atoms with E-state index in [1.807, 2.05) is 24.3 Å². The van der Waals surface area contributed by atoms with Crippen LogP contribution in [0.15, 0.2) is 24.3 Å². The molecule has 0 radical (unpaired) electrons. The lowest BCUT2D eigenvalue weighted by atomic mass is 10.1. The van der Waals surface area contributed by atoms with Crippen LogP contribution in [0.4, 0.5) is 0 Å². The summed E-state index contributed by atoms with van der Waals surface area (Å²) in [7, 11) is 0. The molecule has 1 saturated carbocycles. The van der Waals surface area contributed by atoms with Gasteiger partial charge in [0.25, 0.3) is 0 Å². The van der Waals surface area contributed by atoms with E-state index >= 15 is 0 Å². The van der Waals surface area contributed by atoms with Crippen molar-refractivity contribution in [3.63, 3.8) is 0 Å². The van der Waals surface area contributed by atoms with Crippen LogP contribution in [0.3, 0.4) is 0 Å². The van der Waals surface area contributed by atoms with Crippen LogP contribution in [0, 0.1) is 5.92 Å².